The number of carbonyl (C=O) groups is 2. The minimum atomic E-state index is -0.944. The summed E-state index contributed by atoms with van der Waals surface area (Å²) >= 11 is 1.36. The van der Waals surface area contributed by atoms with Crippen molar-refractivity contribution < 1.29 is 18.7 Å². The Hall–Kier alpha value is -2.21. The maximum Gasteiger partial charge on any atom is 0.349 e. The van der Waals surface area contributed by atoms with Crippen molar-refractivity contribution in [2.24, 2.45) is 0 Å². The average Bonchev–Trinajstić information content (AvgIpc) is 2.90. The van der Waals surface area contributed by atoms with Crippen LogP contribution in [-0.2, 0) is 16.0 Å². The molecule has 6 heteroatoms. The van der Waals surface area contributed by atoms with E-state index in [0.717, 1.165) is 16.9 Å². The van der Waals surface area contributed by atoms with E-state index >= 15 is 0 Å². The summed E-state index contributed by atoms with van der Waals surface area (Å²) < 4.78 is 18.0. The van der Waals surface area contributed by atoms with E-state index in [1.165, 1.54) is 42.5 Å². The molecule has 0 fully saturated rings. The van der Waals surface area contributed by atoms with Gasteiger partial charge in [-0.2, -0.15) is 0 Å². The Bertz CT molecular complexity index is 709. The van der Waals surface area contributed by atoms with Crippen LogP contribution < -0.4 is 5.32 Å². The topological polar surface area (TPSA) is 55.4 Å². The molecular weight excluding hydrogens is 317 g/mol. The van der Waals surface area contributed by atoms with E-state index in [2.05, 4.69) is 5.32 Å². The van der Waals surface area contributed by atoms with Gasteiger partial charge in [0.2, 0.25) is 0 Å². The van der Waals surface area contributed by atoms with Gasteiger partial charge in [0.05, 0.1) is 0 Å². The van der Waals surface area contributed by atoms with Gasteiger partial charge in [0.1, 0.15) is 10.7 Å². The number of hydrogen-bond donors (Lipinski definition) is 1. The number of ether oxygens (including phenoxy) is 1. The molecule has 1 amide bonds. The first kappa shape index (κ1) is 17.1. The lowest BCUT2D eigenvalue weighted by Crippen LogP contribution is -2.29. The number of halogens is 1. The van der Waals surface area contributed by atoms with E-state index < -0.39 is 18.0 Å². The fourth-order valence-corrected chi connectivity index (χ4v) is 3.02. The van der Waals surface area contributed by atoms with Crippen LogP contribution in [0.2, 0.25) is 0 Å². The molecule has 1 atom stereocenters. The quantitative estimate of drug-likeness (QED) is 0.842. The Morgan fingerprint density at radius 1 is 1.30 bits per heavy atom. The van der Waals surface area contributed by atoms with Gasteiger partial charge in [0.15, 0.2) is 6.10 Å². The van der Waals surface area contributed by atoms with Gasteiger partial charge in [-0.3, -0.25) is 4.79 Å². The number of nitrogens with one attached hydrogen (secondary N) is 1. The van der Waals surface area contributed by atoms with Crippen LogP contribution in [0.1, 0.15) is 34.0 Å². The molecule has 1 heterocycles. The zero-order chi connectivity index (χ0) is 17.0. The Balaban J connectivity index is 1.96. The van der Waals surface area contributed by atoms with Crippen molar-refractivity contribution in [3.8, 4) is 0 Å². The Morgan fingerprint density at radius 3 is 2.52 bits per heavy atom. The summed E-state index contributed by atoms with van der Waals surface area (Å²) in [4.78, 5) is 25.7. The first-order valence-electron chi connectivity index (χ1n) is 7.27. The molecule has 1 aromatic carbocycles. The van der Waals surface area contributed by atoms with Crippen molar-refractivity contribution >= 4 is 28.9 Å². The lowest BCUT2D eigenvalue weighted by molar-refractivity contribution is -0.123. The van der Waals surface area contributed by atoms with E-state index in [-0.39, 0.29) is 5.82 Å². The lowest BCUT2D eigenvalue weighted by Gasteiger charge is -2.13. The molecule has 0 aliphatic rings. The largest absolute Gasteiger partial charge is 0.448 e. The molecule has 1 N–H and O–H groups in total. The highest BCUT2D eigenvalue weighted by atomic mass is 32.1. The second-order valence-corrected chi connectivity index (χ2v) is 6.35. The zero-order valence-corrected chi connectivity index (χ0v) is 14.0. The van der Waals surface area contributed by atoms with Crippen molar-refractivity contribution in [2.75, 3.05) is 5.32 Å². The van der Waals surface area contributed by atoms with Gasteiger partial charge in [0.25, 0.3) is 5.91 Å². The Kier molecular flexibility index (Phi) is 5.50. The molecule has 0 radical (unpaired) electrons. The molecule has 2 aromatic rings. The summed E-state index contributed by atoms with van der Waals surface area (Å²) in [6.45, 7) is 5.46. The molecule has 0 bridgehead atoms. The first-order chi connectivity index (χ1) is 10.9. The molecule has 122 valence electrons. The molecule has 0 spiro atoms. The van der Waals surface area contributed by atoms with E-state index in [0.29, 0.717) is 10.6 Å². The number of thiophene rings is 1. The van der Waals surface area contributed by atoms with Crippen LogP contribution in [0.25, 0.3) is 0 Å². The first-order valence-corrected chi connectivity index (χ1v) is 8.09. The van der Waals surface area contributed by atoms with Crippen LogP contribution in [0.4, 0.5) is 10.1 Å². The van der Waals surface area contributed by atoms with Gasteiger partial charge in [-0.15, -0.1) is 11.3 Å². The number of carbonyl (C=O) groups excluding carboxylic acids is 2. The fraction of sp³-hybridized carbons (Fsp3) is 0.294. The summed E-state index contributed by atoms with van der Waals surface area (Å²) in [5, 5.41) is 2.57. The molecule has 0 aliphatic heterocycles. The predicted octanol–water partition coefficient (Wildman–Crippen LogP) is 3.94. The molecular formula is C17H18FNO3S. The Labute approximate surface area is 138 Å². The predicted molar refractivity (Wildman–Crippen MR) is 88.3 cm³/mol. The fourth-order valence-electron chi connectivity index (χ4n) is 2.02. The van der Waals surface area contributed by atoms with Crippen molar-refractivity contribution in [3.05, 3.63) is 51.5 Å². The van der Waals surface area contributed by atoms with E-state index in [1.54, 1.807) is 6.07 Å². The van der Waals surface area contributed by atoms with Gasteiger partial charge in [-0.05, 0) is 56.2 Å². The standard InChI is InChI=1S/C17H18FNO3S/c1-4-12-9-15(23-11(12)3)17(21)22-10(2)16(20)19-14-7-5-13(18)6-8-14/h5-10H,4H2,1-3H3,(H,19,20)/t10-/m0/s1. The molecule has 2 rings (SSSR count). The van der Waals surface area contributed by atoms with Crippen LogP contribution in [0, 0.1) is 12.7 Å². The monoisotopic (exact) mass is 335 g/mol. The van der Waals surface area contributed by atoms with Crippen LogP contribution in [0.15, 0.2) is 30.3 Å². The number of esters is 1. The number of anilines is 1. The normalized spacial score (nSPS) is 11.8. The number of aryl methyl sites for hydroxylation is 2. The number of rotatable bonds is 5. The summed E-state index contributed by atoms with van der Waals surface area (Å²) in [5.74, 6) is -1.37. The summed E-state index contributed by atoms with van der Waals surface area (Å²) in [7, 11) is 0. The number of hydrogen-bond acceptors (Lipinski definition) is 4. The maximum absolute atomic E-state index is 12.8. The molecule has 1 aromatic heterocycles. The van der Waals surface area contributed by atoms with Gasteiger partial charge >= 0.3 is 5.97 Å². The summed E-state index contributed by atoms with van der Waals surface area (Å²) in [6.07, 6.45) is -0.101. The molecule has 0 saturated carbocycles. The van der Waals surface area contributed by atoms with Crippen molar-refractivity contribution in [1.82, 2.24) is 0 Å². The molecule has 0 saturated heterocycles. The van der Waals surface area contributed by atoms with Crippen LogP contribution in [0.3, 0.4) is 0 Å². The molecule has 0 unspecified atom stereocenters. The third-order valence-electron chi connectivity index (χ3n) is 3.37. The number of benzene rings is 1. The molecule has 23 heavy (non-hydrogen) atoms. The lowest BCUT2D eigenvalue weighted by atomic mass is 10.2. The number of amides is 1. The Morgan fingerprint density at radius 2 is 1.96 bits per heavy atom. The van der Waals surface area contributed by atoms with E-state index in [1.807, 2.05) is 13.8 Å². The molecule has 0 aliphatic carbocycles. The minimum Gasteiger partial charge on any atom is -0.448 e. The summed E-state index contributed by atoms with van der Waals surface area (Å²) in [5.41, 5.74) is 1.55. The zero-order valence-electron chi connectivity index (χ0n) is 13.2. The smallest absolute Gasteiger partial charge is 0.349 e. The van der Waals surface area contributed by atoms with Crippen LogP contribution in [0.5, 0.6) is 0 Å². The van der Waals surface area contributed by atoms with Gasteiger partial charge < -0.3 is 10.1 Å². The van der Waals surface area contributed by atoms with Gasteiger partial charge in [-0.1, -0.05) is 6.92 Å². The third kappa shape index (κ3) is 4.39. The van der Waals surface area contributed by atoms with Crippen molar-refractivity contribution in [3.63, 3.8) is 0 Å². The van der Waals surface area contributed by atoms with Crippen LogP contribution >= 0.6 is 11.3 Å². The van der Waals surface area contributed by atoms with Gasteiger partial charge in [-0.25, -0.2) is 9.18 Å². The summed E-state index contributed by atoms with van der Waals surface area (Å²) in [6, 6.07) is 7.17. The second kappa shape index (κ2) is 7.37. The minimum absolute atomic E-state index is 0.387. The SMILES string of the molecule is CCc1cc(C(=O)O[C@@H](C)C(=O)Nc2ccc(F)cc2)sc1C. The highest BCUT2D eigenvalue weighted by Gasteiger charge is 2.21. The highest BCUT2D eigenvalue weighted by molar-refractivity contribution is 7.14. The maximum atomic E-state index is 12.8. The van der Waals surface area contributed by atoms with Crippen molar-refractivity contribution in [1.29, 1.82) is 0 Å². The van der Waals surface area contributed by atoms with E-state index in [9.17, 15) is 14.0 Å². The third-order valence-corrected chi connectivity index (χ3v) is 4.44. The van der Waals surface area contributed by atoms with Crippen molar-refractivity contribution in [2.45, 2.75) is 33.3 Å². The van der Waals surface area contributed by atoms with Crippen LogP contribution in [-0.4, -0.2) is 18.0 Å². The highest BCUT2D eigenvalue weighted by Crippen LogP contribution is 2.23. The molecule has 4 nitrogen and oxygen atoms in total. The van der Waals surface area contributed by atoms with Gasteiger partial charge in [0, 0.05) is 10.6 Å². The average molecular weight is 335 g/mol. The van der Waals surface area contributed by atoms with E-state index in [4.69, 9.17) is 4.74 Å². The second-order valence-electron chi connectivity index (χ2n) is 5.09.